The van der Waals surface area contributed by atoms with Gasteiger partial charge in [-0.05, 0) is 51.0 Å². The Morgan fingerprint density at radius 2 is 2.10 bits per heavy atom. The Morgan fingerprint density at radius 1 is 1.38 bits per heavy atom. The van der Waals surface area contributed by atoms with Gasteiger partial charge in [-0.1, -0.05) is 29.8 Å². The van der Waals surface area contributed by atoms with E-state index >= 15 is 0 Å². The molecule has 1 amide bonds. The summed E-state index contributed by atoms with van der Waals surface area (Å²) in [6, 6.07) is 8.78. The van der Waals surface area contributed by atoms with Crippen LogP contribution in [0.1, 0.15) is 43.7 Å². The van der Waals surface area contributed by atoms with Crippen LogP contribution in [-0.2, 0) is 11.2 Å². The number of hydrogen-bond acceptors (Lipinski definition) is 2. The van der Waals surface area contributed by atoms with E-state index in [-0.39, 0.29) is 6.04 Å². The molecule has 1 aromatic carbocycles. The predicted molar refractivity (Wildman–Crippen MR) is 87.1 cm³/mol. The van der Waals surface area contributed by atoms with Gasteiger partial charge >= 0.3 is 0 Å². The Balaban J connectivity index is 1.75. The molecule has 2 unspecified atom stereocenters. The van der Waals surface area contributed by atoms with Gasteiger partial charge in [-0.3, -0.25) is 4.79 Å². The van der Waals surface area contributed by atoms with E-state index in [0.717, 1.165) is 38.8 Å². The van der Waals surface area contributed by atoms with Crippen LogP contribution in [0, 0.1) is 12.8 Å². The zero-order chi connectivity index (χ0) is 15.2. The summed E-state index contributed by atoms with van der Waals surface area (Å²) in [6.45, 7) is 5.90. The molecule has 1 aliphatic heterocycles. The van der Waals surface area contributed by atoms with Gasteiger partial charge in [0.1, 0.15) is 0 Å². The van der Waals surface area contributed by atoms with E-state index in [4.69, 9.17) is 5.73 Å². The number of carbonyl (C=O) groups is 1. The topological polar surface area (TPSA) is 46.3 Å². The van der Waals surface area contributed by atoms with Crippen molar-refractivity contribution in [2.45, 2.75) is 52.0 Å². The fourth-order valence-electron chi connectivity index (χ4n) is 3.02. The molecule has 0 aromatic heterocycles. The van der Waals surface area contributed by atoms with Crippen LogP contribution in [-0.4, -0.2) is 29.9 Å². The normalized spacial score (nSPS) is 20.3. The highest BCUT2D eigenvalue weighted by Crippen LogP contribution is 2.20. The summed E-state index contributed by atoms with van der Waals surface area (Å²) in [4.78, 5) is 14.3. The Hall–Kier alpha value is -1.35. The first-order valence-electron chi connectivity index (χ1n) is 8.15. The van der Waals surface area contributed by atoms with E-state index in [1.165, 1.54) is 11.1 Å². The van der Waals surface area contributed by atoms with Crippen molar-refractivity contribution in [2.75, 3.05) is 13.1 Å². The molecule has 3 nitrogen and oxygen atoms in total. The third kappa shape index (κ3) is 4.85. The molecule has 0 saturated carbocycles. The molecule has 1 aliphatic rings. The molecule has 3 heteroatoms. The molecule has 21 heavy (non-hydrogen) atoms. The molecule has 0 spiro atoms. The summed E-state index contributed by atoms with van der Waals surface area (Å²) < 4.78 is 0. The minimum absolute atomic E-state index is 0.188. The first kappa shape index (κ1) is 16.0. The van der Waals surface area contributed by atoms with Crippen molar-refractivity contribution in [2.24, 2.45) is 11.7 Å². The van der Waals surface area contributed by atoms with Gasteiger partial charge in [0.2, 0.25) is 5.91 Å². The van der Waals surface area contributed by atoms with Crippen LogP contribution in [0.25, 0.3) is 0 Å². The predicted octanol–water partition coefficient (Wildman–Crippen LogP) is 2.90. The average molecular weight is 288 g/mol. The molecule has 0 aliphatic carbocycles. The second-order valence-electron chi connectivity index (χ2n) is 6.44. The van der Waals surface area contributed by atoms with Crippen LogP contribution in [0.2, 0.25) is 0 Å². The van der Waals surface area contributed by atoms with Gasteiger partial charge in [0.25, 0.3) is 0 Å². The molecule has 116 valence electrons. The van der Waals surface area contributed by atoms with Crippen molar-refractivity contribution in [3.8, 4) is 0 Å². The number of aryl methyl sites for hydroxylation is 2. The SMILES string of the molecule is Cc1ccc(CCCC(=O)N2CCCC(C(C)N)C2)cc1. The maximum absolute atomic E-state index is 12.3. The summed E-state index contributed by atoms with van der Waals surface area (Å²) in [6.07, 6.45) is 4.82. The van der Waals surface area contributed by atoms with E-state index in [1.807, 2.05) is 4.90 Å². The van der Waals surface area contributed by atoms with Gasteiger partial charge in [0.05, 0.1) is 0 Å². The highest BCUT2D eigenvalue weighted by Gasteiger charge is 2.25. The van der Waals surface area contributed by atoms with E-state index < -0.39 is 0 Å². The first-order chi connectivity index (χ1) is 10.1. The van der Waals surface area contributed by atoms with Crippen LogP contribution >= 0.6 is 0 Å². The molecular weight excluding hydrogens is 260 g/mol. The van der Waals surface area contributed by atoms with E-state index in [0.29, 0.717) is 18.2 Å². The van der Waals surface area contributed by atoms with Crippen LogP contribution in [0.15, 0.2) is 24.3 Å². The molecule has 1 heterocycles. The average Bonchev–Trinajstić information content (AvgIpc) is 2.49. The molecule has 2 atom stereocenters. The van der Waals surface area contributed by atoms with Gasteiger partial charge < -0.3 is 10.6 Å². The molecular formula is C18H28N2O. The maximum Gasteiger partial charge on any atom is 0.222 e. The minimum atomic E-state index is 0.188. The maximum atomic E-state index is 12.3. The van der Waals surface area contributed by atoms with Crippen molar-refractivity contribution < 1.29 is 4.79 Å². The number of benzene rings is 1. The summed E-state index contributed by atoms with van der Waals surface area (Å²) >= 11 is 0. The Morgan fingerprint density at radius 3 is 2.76 bits per heavy atom. The highest BCUT2D eigenvalue weighted by molar-refractivity contribution is 5.76. The molecule has 1 aromatic rings. The van der Waals surface area contributed by atoms with Crippen LogP contribution in [0.4, 0.5) is 0 Å². The van der Waals surface area contributed by atoms with Crippen molar-refractivity contribution in [3.05, 3.63) is 35.4 Å². The summed E-state index contributed by atoms with van der Waals surface area (Å²) in [7, 11) is 0. The zero-order valence-corrected chi connectivity index (χ0v) is 13.3. The Bertz CT molecular complexity index is 453. The standard InChI is InChI=1S/C18H28N2O/c1-14-8-10-16(11-9-14)5-3-7-18(21)20-12-4-6-17(13-20)15(2)19/h8-11,15,17H,3-7,12-13,19H2,1-2H3. The molecule has 0 bridgehead atoms. The fraction of sp³-hybridized carbons (Fsp3) is 0.611. The third-order valence-corrected chi connectivity index (χ3v) is 4.53. The fourth-order valence-corrected chi connectivity index (χ4v) is 3.02. The van der Waals surface area contributed by atoms with Crippen molar-refractivity contribution >= 4 is 5.91 Å². The number of carbonyl (C=O) groups excluding carboxylic acids is 1. The summed E-state index contributed by atoms with van der Waals surface area (Å²) in [5.41, 5.74) is 8.58. The largest absolute Gasteiger partial charge is 0.342 e. The van der Waals surface area contributed by atoms with Gasteiger partial charge in [-0.15, -0.1) is 0 Å². The number of nitrogens with zero attached hydrogens (tertiary/aromatic N) is 1. The van der Waals surface area contributed by atoms with E-state index in [1.54, 1.807) is 0 Å². The number of hydrogen-bond donors (Lipinski definition) is 1. The molecule has 0 radical (unpaired) electrons. The quantitative estimate of drug-likeness (QED) is 0.905. The third-order valence-electron chi connectivity index (χ3n) is 4.53. The number of rotatable bonds is 5. The smallest absolute Gasteiger partial charge is 0.222 e. The Kier molecular flexibility index (Phi) is 5.80. The summed E-state index contributed by atoms with van der Waals surface area (Å²) in [5.74, 6) is 0.771. The lowest BCUT2D eigenvalue weighted by Gasteiger charge is -2.34. The van der Waals surface area contributed by atoms with Crippen LogP contribution in [0.3, 0.4) is 0 Å². The first-order valence-corrected chi connectivity index (χ1v) is 8.15. The van der Waals surface area contributed by atoms with Crippen LogP contribution < -0.4 is 5.73 Å². The highest BCUT2D eigenvalue weighted by atomic mass is 16.2. The van der Waals surface area contributed by atoms with Gasteiger partial charge in [0.15, 0.2) is 0 Å². The van der Waals surface area contributed by atoms with E-state index in [9.17, 15) is 4.79 Å². The second kappa shape index (κ2) is 7.60. The van der Waals surface area contributed by atoms with Crippen LogP contribution in [0.5, 0.6) is 0 Å². The van der Waals surface area contributed by atoms with Gasteiger partial charge in [-0.25, -0.2) is 0 Å². The number of amides is 1. The van der Waals surface area contributed by atoms with Crippen molar-refractivity contribution in [1.29, 1.82) is 0 Å². The molecule has 1 fully saturated rings. The zero-order valence-electron chi connectivity index (χ0n) is 13.3. The Labute approximate surface area is 128 Å². The summed E-state index contributed by atoms with van der Waals surface area (Å²) in [5, 5.41) is 0. The molecule has 2 N–H and O–H groups in total. The second-order valence-corrected chi connectivity index (χ2v) is 6.44. The monoisotopic (exact) mass is 288 g/mol. The molecule has 1 saturated heterocycles. The lowest BCUT2D eigenvalue weighted by atomic mass is 9.92. The van der Waals surface area contributed by atoms with Crippen molar-refractivity contribution in [3.63, 3.8) is 0 Å². The van der Waals surface area contributed by atoms with Gasteiger partial charge in [0, 0.05) is 25.6 Å². The lowest BCUT2D eigenvalue weighted by molar-refractivity contribution is -0.133. The minimum Gasteiger partial charge on any atom is -0.342 e. The lowest BCUT2D eigenvalue weighted by Crippen LogP contribution is -2.45. The number of piperidine rings is 1. The number of likely N-dealkylation sites (tertiary alicyclic amines) is 1. The number of nitrogens with two attached hydrogens (primary N) is 1. The molecule has 2 rings (SSSR count). The van der Waals surface area contributed by atoms with Crippen molar-refractivity contribution in [1.82, 2.24) is 4.90 Å². The van der Waals surface area contributed by atoms with E-state index in [2.05, 4.69) is 38.1 Å². The van der Waals surface area contributed by atoms with Gasteiger partial charge in [-0.2, -0.15) is 0 Å².